The van der Waals surface area contributed by atoms with Gasteiger partial charge in [0.2, 0.25) is 0 Å². The molecule has 2 heteroatoms. The Hall–Kier alpha value is -0.890. The number of aromatic nitrogens is 1. The van der Waals surface area contributed by atoms with Crippen molar-refractivity contribution in [2.24, 2.45) is 5.41 Å². The zero-order chi connectivity index (χ0) is 9.90. The van der Waals surface area contributed by atoms with Gasteiger partial charge in [0.25, 0.3) is 0 Å². The summed E-state index contributed by atoms with van der Waals surface area (Å²) in [5.74, 6) is 0. The number of nitrogens with zero attached hydrogens (tertiary/aromatic N) is 1. The second-order valence-corrected chi connectivity index (χ2v) is 4.27. The van der Waals surface area contributed by atoms with Crippen LogP contribution in [0.15, 0.2) is 18.3 Å². The van der Waals surface area contributed by atoms with Gasteiger partial charge in [0.05, 0.1) is 0 Å². The lowest BCUT2D eigenvalue weighted by atomic mass is 9.87. The molecule has 1 heterocycles. The third-order valence-electron chi connectivity index (χ3n) is 2.19. The molecule has 1 aromatic heterocycles. The van der Waals surface area contributed by atoms with Gasteiger partial charge in [0, 0.05) is 18.5 Å². The molecule has 0 radical (unpaired) electrons. The first-order valence-corrected chi connectivity index (χ1v) is 4.56. The first-order valence-electron chi connectivity index (χ1n) is 4.56. The molecule has 0 unspecified atom stereocenters. The Bertz CT molecular complexity index is 281. The maximum atomic E-state index is 9.12. The van der Waals surface area contributed by atoms with E-state index in [2.05, 4.69) is 18.0 Å². The van der Waals surface area contributed by atoms with Gasteiger partial charge >= 0.3 is 0 Å². The first kappa shape index (κ1) is 10.2. The van der Waals surface area contributed by atoms with Crippen molar-refractivity contribution in [1.82, 2.24) is 4.98 Å². The van der Waals surface area contributed by atoms with Crippen LogP contribution >= 0.6 is 0 Å². The number of aliphatic hydroxyl groups excluding tert-OH is 1. The van der Waals surface area contributed by atoms with Crippen LogP contribution in [0.25, 0.3) is 0 Å². The summed E-state index contributed by atoms with van der Waals surface area (Å²) >= 11 is 0. The van der Waals surface area contributed by atoms with Crippen molar-refractivity contribution in [2.75, 3.05) is 6.61 Å². The maximum Gasteiger partial charge on any atom is 0.0485 e. The predicted octanol–water partition coefficient (Wildman–Crippen LogP) is 1.95. The molecule has 0 aliphatic carbocycles. The molecule has 0 aliphatic heterocycles. The van der Waals surface area contributed by atoms with Crippen LogP contribution in [0.3, 0.4) is 0 Å². The Morgan fingerprint density at radius 3 is 2.69 bits per heavy atom. The van der Waals surface area contributed by atoms with E-state index >= 15 is 0 Å². The Balaban J connectivity index is 2.80. The van der Waals surface area contributed by atoms with Gasteiger partial charge in [-0.2, -0.15) is 0 Å². The van der Waals surface area contributed by atoms with Crippen LogP contribution in [0.2, 0.25) is 0 Å². The second kappa shape index (κ2) is 3.88. The van der Waals surface area contributed by atoms with Crippen molar-refractivity contribution in [2.45, 2.75) is 27.2 Å². The van der Waals surface area contributed by atoms with Crippen molar-refractivity contribution in [3.05, 3.63) is 29.6 Å². The predicted molar refractivity (Wildman–Crippen MR) is 53.5 cm³/mol. The molecule has 0 aliphatic rings. The van der Waals surface area contributed by atoms with E-state index in [1.807, 2.05) is 19.9 Å². The van der Waals surface area contributed by atoms with Crippen molar-refractivity contribution in [3.63, 3.8) is 0 Å². The third kappa shape index (κ3) is 2.81. The summed E-state index contributed by atoms with van der Waals surface area (Å²) in [4.78, 5) is 4.30. The topological polar surface area (TPSA) is 33.1 Å². The van der Waals surface area contributed by atoms with Crippen LogP contribution in [-0.4, -0.2) is 16.7 Å². The molecule has 0 bridgehead atoms. The van der Waals surface area contributed by atoms with Crippen LogP contribution in [0, 0.1) is 12.3 Å². The summed E-state index contributed by atoms with van der Waals surface area (Å²) in [6, 6.07) is 3.99. The Labute approximate surface area is 79.6 Å². The molecule has 0 amide bonds. The van der Waals surface area contributed by atoms with Gasteiger partial charge in [-0.3, -0.25) is 4.98 Å². The van der Waals surface area contributed by atoms with Crippen LogP contribution in [0.5, 0.6) is 0 Å². The largest absolute Gasteiger partial charge is 0.396 e. The summed E-state index contributed by atoms with van der Waals surface area (Å²) in [5, 5.41) is 9.12. The maximum absolute atomic E-state index is 9.12. The molecular formula is C11H17NO. The molecule has 0 atom stereocenters. The molecule has 1 aromatic rings. The van der Waals surface area contributed by atoms with Crippen molar-refractivity contribution in [3.8, 4) is 0 Å². The minimum Gasteiger partial charge on any atom is -0.396 e. The lowest BCUT2D eigenvalue weighted by Crippen LogP contribution is -2.20. The number of rotatable bonds is 3. The van der Waals surface area contributed by atoms with Crippen LogP contribution in [-0.2, 0) is 6.42 Å². The highest BCUT2D eigenvalue weighted by atomic mass is 16.3. The smallest absolute Gasteiger partial charge is 0.0485 e. The average molecular weight is 179 g/mol. The van der Waals surface area contributed by atoms with Gasteiger partial charge in [-0.1, -0.05) is 19.9 Å². The summed E-state index contributed by atoms with van der Waals surface area (Å²) in [7, 11) is 0. The molecule has 1 rings (SSSR count). The molecule has 13 heavy (non-hydrogen) atoms. The number of pyridine rings is 1. The van der Waals surface area contributed by atoms with Gasteiger partial charge in [0.1, 0.15) is 0 Å². The SMILES string of the molecule is Cc1cccnc1CC(C)(C)CO. The Kier molecular flexibility index (Phi) is 3.04. The Morgan fingerprint density at radius 2 is 2.15 bits per heavy atom. The van der Waals surface area contributed by atoms with Gasteiger partial charge in [-0.15, -0.1) is 0 Å². The molecule has 0 spiro atoms. The second-order valence-electron chi connectivity index (χ2n) is 4.27. The van der Waals surface area contributed by atoms with E-state index in [9.17, 15) is 0 Å². The molecule has 72 valence electrons. The molecule has 0 saturated heterocycles. The monoisotopic (exact) mass is 179 g/mol. The molecule has 2 nitrogen and oxygen atoms in total. The Morgan fingerprint density at radius 1 is 1.46 bits per heavy atom. The van der Waals surface area contributed by atoms with Gasteiger partial charge < -0.3 is 5.11 Å². The fourth-order valence-corrected chi connectivity index (χ4v) is 1.21. The molecule has 0 saturated carbocycles. The molecule has 0 aromatic carbocycles. The normalized spacial score (nSPS) is 11.7. The standard InChI is InChI=1S/C11H17NO/c1-9-5-4-6-12-10(9)7-11(2,3)8-13/h4-6,13H,7-8H2,1-3H3. The van der Waals surface area contributed by atoms with Crippen LogP contribution in [0.1, 0.15) is 25.1 Å². The van der Waals surface area contributed by atoms with Crippen molar-refractivity contribution >= 4 is 0 Å². The van der Waals surface area contributed by atoms with E-state index < -0.39 is 0 Å². The van der Waals surface area contributed by atoms with Crippen molar-refractivity contribution < 1.29 is 5.11 Å². The minimum absolute atomic E-state index is 0.0703. The summed E-state index contributed by atoms with van der Waals surface area (Å²) in [5.41, 5.74) is 2.21. The molecule has 0 fully saturated rings. The highest BCUT2D eigenvalue weighted by molar-refractivity contribution is 5.18. The highest BCUT2D eigenvalue weighted by Gasteiger charge is 2.18. The van der Waals surface area contributed by atoms with Gasteiger partial charge in [-0.25, -0.2) is 0 Å². The van der Waals surface area contributed by atoms with Gasteiger partial charge in [0.15, 0.2) is 0 Å². The number of hydrogen-bond donors (Lipinski definition) is 1. The molecule has 1 N–H and O–H groups in total. The van der Waals surface area contributed by atoms with E-state index in [1.54, 1.807) is 6.20 Å². The zero-order valence-corrected chi connectivity index (χ0v) is 8.54. The van der Waals surface area contributed by atoms with E-state index in [0.29, 0.717) is 0 Å². The van der Waals surface area contributed by atoms with Crippen LogP contribution < -0.4 is 0 Å². The summed E-state index contributed by atoms with van der Waals surface area (Å²) < 4.78 is 0. The first-order chi connectivity index (χ1) is 6.05. The summed E-state index contributed by atoms with van der Waals surface area (Å²) in [6.07, 6.45) is 2.63. The number of aryl methyl sites for hydroxylation is 1. The lowest BCUT2D eigenvalue weighted by Gasteiger charge is -2.21. The zero-order valence-electron chi connectivity index (χ0n) is 8.54. The van der Waals surface area contributed by atoms with Crippen LogP contribution in [0.4, 0.5) is 0 Å². The van der Waals surface area contributed by atoms with E-state index in [0.717, 1.165) is 12.1 Å². The third-order valence-corrected chi connectivity index (χ3v) is 2.19. The van der Waals surface area contributed by atoms with E-state index in [1.165, 1.54) is 5.56 Å². The van der Waals surface area contributed by atoms with Crippen molar-refractivity contribution in [1.29, 1.82) is 0 Å². The van der Waals surface area contributed by atoms with E-state index in [4.69, 9.17) is 5.11 Å². The number of aliphatic hydroxyl groups is 1. The quantitative estimate of drug-likeness (QED) is 0.769. The minimum atomic E-state index is -0.0703. The number of hydrogen-bond acceptors (Lipinski definition) is 2. The average Bonchev–Trinajstić information content (AvgIpc) is 2.09. The fourth-order valence-electron chi connectivity index (χ4n) is 1.21. The fraction of sp³-hybridized carbons (Fsp3) is 0.545. The van der Waals surface area contributed by atoms with Gasteiger partial charge in [-0.05, 0) is 30.4 Å². The highest BCUT2D eigenvalue weighted by Crippen LogP contribution is 2.21. The molecular weight excluding hydrogens is 162 g/mol. The summed E-state index contributed by atoms with van der Waals surface area (Å²) in [6.45, 7) is 6.33. The lowest BCUT2D eigenvalue weighted by molar-refractivity contribution is 0.158. The van der Waals surface area contributed by atoms with E-state index in [-0.39, 0.29) is 12.0 Å².